The third kappa shape index (κ3) is 10.7. The van der Waals surface area contributed by atoms with Gasteiger partial charge in [-0.1, -0.05) is 20.8 Å². The summed E-state index contributed by atoms with van der Waals surface area (Å²) in [6.07, 6.45) is -2.29. The van der Waals surface area contributed by atoms with Crippen molar-refractivity contribution in [2.75, 3.05) is 19.6 Å². The van der Waals surface area contributed by atoms with E-state index in [1.165, 1.54) is 0 Å². The summed E-state index contributed by atoms with van der Waals surface area (Å²) in [5, 5.41) is 36.0. The lowest BCUT2D eigenvalue weighted by atomic mass is 9.96. The monoisotopic (exact) mass is 308 g/mol. The van der Waals surface area contributed by atoms with E-state index in [-0.39, 0.29) is 0 Å². The van der Waals surface area contributed by atoms with Gasteiger partial charge in [-0.15, -0.1) is 0 Å². The molecule has 0 rings (SSSR count). The number of aliphatic hydroxyl groups is 1. The number of carbonyl (C=O) groups is 3. The van der Waals surface area contributed by atoms with Crippen LogP contribution in [0, 0.1) is 0 Å². The summed E-state index contributed by atoms with van der Waals surface area (Å²) in [6, 6.07) is 0. The van der Waals surface area contributed by atoms with Gasteiger partial charge in [0.15, 0.2) is 5.60 Å². The van der Waals surface area contributed by atoms with Crippen molar-refractivity contribution in [1.82, 2.24) is 10.4 Å². The highest BCUT2D eigenvalue weighted by Crippen LogP contribution is 2.15. The molecule has 0 spiro atoms. The van der Waals surface area contributed by atoms with Gasteiger partial charge >= 0.3 is 17.9 Å². The van der Waals surface area contributed by atoms with E-state index >= 15 is 0 Å². The minimum absolute atomic E-state index is 1.03. The highest BCUT2D eigenvalue weighted by Gasteiger charge is 2.40. The summed E-state index contributed by atoms with van der Waals surface area (Å²) in [4.78, 5) is 30.5. The van der Waals surface area contributed by atoms with Crippen molar-refractivity contribution in [3.8, 4) is 0 Å². The van der Waals surface area contributed by atoms with Gasteiger partial charge in [0.1, 0.15) is 0 Å². The van der Waals surface area contributed by atoms with Crippen molar-refractivity contribution in [3.05, 3.63) is 0 Å². The van der Waals surface area contributed by atoms with E-state index in [0.717, 1.165) is 19.6 Å². The maximum atomic E-state index is 10.3. The van der Waals surface area contributed by atoms with Gasteiger partial charge in [0, 0.05) is 19.6 Å². The van der Waals surface area contributed by atoms with Gasteiger partial charge in [-0.3, -0.25) is 15.0 Å². The Labute approximate surface area is 123 Å². The summed E-state index contributed by atoms with van der Waals surface area (Å²) in [7, 11) is 0. The van der Waals surface area contributed by atoms with Crippen LogP contribution in [0.25, 0.3) is 0 Å². The van der Waals surface area contributed by atoms with E-state index in [1.54, 1.807) is 0 Å². The van der Waals surface area contributed by atoms with Crippen molar-refractivity contribution in [3.63, 3.8) is 0 Å². The second-order valence-corrected chi connectivity index (χ2v) is 4.16. The predicted octanol–water partition coefficient (Wildman–Crippen LogP) is -0.396. The van der Waals surface area contributed by atoms with E-state index < -0.39 is 36.4 Å². The molecule has 0 unspecified atom stereocenters. The number of rotatable bonds is 9. The molecule has 9 heteroatoms. The normalized spacial score (nSPS) is 10.7. The largest absolute Gasteiger partial charge is 0.481 e. The van der Waals surface area contributed by atoms with Crippen molar-refractivity contribution >= 4 is 17.9 Å². The molecule has 0 heterocycles. The summed E-state index contributed by atoms with van der Waals surface area (Å²) in [5.74, 6) is -5.02. The van der Waals surface area contributed by atoms with Crippen LogP contribution in [-0.2, 0) is 14.4 Å². The summed E-state index contributed by atoms with van der Waals surface area (Å²) in [6.45, 7) is 9.60. The first-order valence-corrected chi connectivity index (χ1v) is 6.50. The van der Waals surface area contributed by atoms with E-state index in [1.807, 2.05) is 0 Å². The fourth-order valence-electron chi connectivity index (χ4n) is 1.38. The van der Waals surface area contributed by atoms with E-state index in [2.05, 4.69) is 31.2 Å². The van der Waals surface area contributed by atoms with Crippen molar-refractivity contribution < 1.29 is 34.8 Å². The standard InChI is InChI=1S/C6H16N2.C6H8O7/c1-4-7-8(5-2)6-3;7-3(8)1-6(13,5(11)12)2-4(9)10/h7H,4-6H2,1-3H3;13H,1-2H2,(H,7,8)(H,9,10)(H,11,12). The average Bonchev–Trinajstić information content (AvgIpc) is 2.34. The lowest BCUT2D eigenvalue weighted by Crippen LogP contribution is -2.42. The maximum absolute atomic E-state index is 10.3. The lowest BCUT2D eigenvalue weighted by molar-refractivity contribution is -0.170. The molecule has 0 aliphatic carbocycles. The highest BCUT2D eigenvalue weighted by atomic mass is 16.4. The Morgan fingerprint density at radius 2 is 1.33 bits per heavy atom. The molecule has 0 bridgehead atoms. The smallest absolute Gasteiger partial charge is 0.336 e. The molecule has 0 atom stereocenters. The zero-order valence-corrected chi connectivity index (χ0v) is 12.5. The average molecular weight is 308 g/mol. The van der Waals surface area contributed by atoms with Crippen LogP contribution in [0.4, 0.5) is 0 Å². The molecule has 0 aromatic rings. The molecule has 21 heavy (non-hydrogen) atoms. The van der Waals surface area contributed by atoms with Crippen LogP contribution in [0.1, 0.15) is 33.6 Å². The van der Waals surface area contributed by atoms with Crippen molar-refractivity contribution in [1.29, 1.82) is 0 Å². The zero-order chi connectivity index (χ0) is 17.1. The Bertz CT molecular complexity index is 326. The molecule has 124 valence electrons. The van der Waals surface area contributed by atoms with Gasteiger partial charge in [0.05, 0.1) is 12.8 Å². The molecular formula is C12H24N2O7. The zero-order valence-electron chi connectivity index (χ0n) is 12.5. The van der Waals surface area contributed by atoms with E-state index in [0.29, 0.717) is 0 Å². The lowest BCUT2D eigenvalue weighted by Gasteiger charge is -2.18. The number of carboxylic acids is 3. The molecule has 0 aromatic carbocycles. The minimum atomic E-state index is -2.74. The Hall–Kier alpha value is -1.71. The molecule has 0 radical (unpaired) electrons. The Balaban J connectivity index is 0. The summed E-state index contributed by atoms with van der Waals surface area (Å²) in [5.41, 5.74) is 0.477. The summed E-state index contributed by atoms with van der Waals surface area (Å²) < 4.78 is 0. The van der Waals surface area contributed by atoms with Crippen molar-refractivity contribution in [2.45, 2.75) is 39.2 Å². The fraction of sp³-hybridized carbons (Fsp3) is 0.750. The first-order chi connectivity index (χ1) is 9.62. The topological polar surface area (TPSA) is 147 Å². The predicted molar refractivity (Wildman–Crippen MR) is 73.7 cm³/mol. The van der Waals surface area contributed by atoms with Crippen LogP contribution in [0.15, 0.2) is 0 Å². The molecule has 0 fully saturated rings. The number of nitrogens with zero attached hydrogens (tertiary/aromatic N) is 1. The van der Waals surface area contributed by atoms with Crippen molar-refractivity contribution in [2.24, 2.45) is 0 Å². The van der Waals surface area contributed by atoms with Gasteiger partial charge in [0.2, 0.25) is 0 Å². The third-order valence-corrected chi connectivity index (χ3v) is 2.43. The number of aliphatic carboxylic acids is 3. The maximum Gasteiger partial charge on any atom is 0.336 e. The SMILES string of the molecule is CCNN(CC)CC.O=C(O)CC(O)(CC(=O)O)C(=O)O. The van der Waals surface area contributed by atoms with Gasteiger partial charge in [-0.2, -0.15) is 0 Å². The number of hydrogen-bond acceptors (Lipinski definition) is 6. The molecule has 0 saturated heterocycles. The number of hydrazine groups is 1. The van der Waals surface area contributed by atoms with Gasteiger partial charge in [0.25, 0.3) is 0 Å². The van der Waals surface area contributed by atoms with E-state index in [9.17, 15) is 14.4 Å². The van der Waals surface area contributed by atoms with Crippen LogP contribution in [0.2, 0.25) is 0 Å². The second-order valence-electron chi connectivity index (χ2n) is 4.16. The molecule has 9 nitrogen and oxygen atoms in total. The molecule has 0 amide bonds. The highest BCUT2D eigenvalue weighted by molar-refractivity contribution is 5.88. The van der Waals surface area contributed by atoms with Crippen LogP contribution in [-0.4, -0.2) is 68.6 Å². The van der Waals surface area contributed by atoms with Crippen LogP contribution >= 0.6 is 0 Å². The van der Waals surface area contributed by atoms with Gasteiger partial charge < -0.3 is 20.4 Å². The molecule has 0 saturated carbocycles. The number of carboxylic acid groups (broad SMARTS) is 3. The van der Waals surface area contributed by atoms with Gasteiger partial charge in [-0.25, -0.2) is 9.80 Å². The van der Waals surface area contributed by atoms with E-state index in [4.69, 9.17) is 20.4 Å². The molecular weight excluding hydrogens is 284 g/mol. The number of hydrogen-bond donors (Lipinski definition) is 5. The van der Waals surface area contributed by atoms with Crippen LogP contribution in [0.3, 0.4) is 0 Å². The Morgan fingerprint density at radius 1 is 0.952 bits per heavy atom. The number of nitrogens with one attached hydrogen (secondary N) is 1. The fourth-order valence-corrected chi connectivity index (χ4v) is 1.38. The molecule has 0 aliphatic rings. The first kappa shape index (κ1) is 21.6. The summed E-state index contributed by atoms with van der Waals surface area (Å²) >= 11 is 0. The minimum Gasteiger partial charge on any atom is -0.481 e. The Morgan fingerprint density at radius 3 is 1.48 bits per heavy atom. The first-order valence-electron chi connectivity index (χ1n) is 6.50. The van der Waals surface area contributed by atoms with Gasteiger partial charge in [-0.05, 0) is 0 Å². The Kier molecular flexibility index (Phi) is 11.3. The second kappa shape index (κ2) is 11.0. The third-order valence-electron chi connectivity index (χ3n) is 2.43. The quantitative estimate of drug-likeness (QED) is 0.359. The molecule has 5 N–H and O–H groups in total. The molecule has 0 aromatic heterocycles. The van der Waals surface area contributed by atoms with Crippen LogP contribution in [0.5, 0.6) is 0 Å². The van der Waals surface area contributed by atoms with Crippen LogP contribution < -0.4 is 5.43 Å². The molecule has 0 aliphatic heterocycles.